The van der Waals surface area contributed by atoms with Crippen molar-refractivity contribution in [3.63, 3.8) is 0 Å². The van der Waals surface area contributed by atoms with Crippen LogP contribution in [-0.4, -0.2) is 50.2 Å². The smallest absolute Gasteiger partial charge is 0.246 e. The van der Waals surface area contributed by atoms with Crippen molar-refractivity contribution in [3.05, 3.63) is 0 Å². The molecule has 6 nitrogen and oxygen atoms in total. The van der Waals surface area contributed by atoms with E-state index >= 15 is 0 Å². The standard InChI is InChI=1S/C12H21N3O3/c16-11(8-18-9-3-6-13-7-4-9)15-10-2-1-5-14-12(10)17/h9-10,13H,1-8H2,(H,14,17)(H,15,16). The summed E-state index contributed by atoms with van der Waals surface area (Å²) in [6, 6.07) is -0.386. The lowest BCUT2D eigenvalue weighted by Crippen LogP contribution is -2.51. The number of amides is 2. The minimum Gasteiger partial charge on any atom is -0.368 e. The number of piperidine rings is 2. The van der Waals surface area contributed by atoms with Crippen LogP contribution < -0.4 is 16.0 Å². The molecule has 2 amide bonds. The van der Waals surface area contributed by atoms with Crippen molar-refractivity contribution in [1.29, 1.82) is 0 Å². The molecule has 1 unspecified atom stereocenters. The minimum atomic E-state index is -0.386. The summed E-state index contributed by atoms with van der Waals surface area (Å²) in [6.45, 7) is 2.64. The van der Waals surface area contributed by atoms with Gasteiger partial charge in [0.15, 0.2) is 0 Å². The van der Waals surface area contributed by atoms with E-state index in [2.05, 4.69) is 16.0 Å². The van der Waals surface area contributed by atoms with E-state index in [4.69, 9.17) is 4.74 Å². The Hall–Kier alpha value is -1.14. The molecule has 0 bridgehead atoms. The SMILES string of the molecule is O=C(COC1CCNCC1)NC1CCCNC1=O. The number of ether oxygens (including phenoxy) is 1. The Kier molecular flexibility index (Phi) is 4.95. The van der Waals surface area contributed by atoms with Gasteiger partial charge in [-0.15, -0.1) is 0 Å². The lowest BCUT2D eigenvalue weighted by Gasteiger charge is -2.25. The van der Waals surface area contributed by atoms with Crippen LogP contribution in [0.1, 0.15) is 25.7 Å². The first-order valence-corrected chi connectivity index (χ1v) is 6.65. The van der Waals surface area contributed by atoms with Crippen LogP contribution in [0.3, 0.4) is 0 Å². The normalized spacial score (nSPS) is 25.6. The van der Waals surface area contributed by atoms with Crippen molar-refractivity contribution < 1.29 is 14.3 Å². The van der Waals surface area contributed by atoms with E-state index in [1.165, 1.54) is 0 Å². The first-order valence-electron chi connectivity index (χ1n) is 6.65. The molecule has 0 aromatic carbocycles. The third-order valence-electron chi connectivity index (χ3n) is 3.36. The summed E-state index contributed by atoms with van der Waals surface area (Å²) in [5, 5.41) is 8.70. The van der Waals surface area contributed by atoms with Crippen LogP contribution in [0.25, 0.3) is 0 Å². The van der Waals surface area contributed by atoms with Crippen molar-refractivity contribution in [2.45, 2.75) is 37.8 Å². The van der Waals surface area contributed by atoms with Crippen LogP contribution in [0, 0.1) is 0 Å². The average Bonchev–Trinajstić information content (AvgIpc) is 2.40. The molecule has 2 heterocycles. The van der Waals surface area contributed by atoms with E-state index in [0.717, 1.165) is 32.4 Å². The Labute approximate surface area is 107 Å². The Morgan fingerprint density at radius 2 is 2.06 bits per heavy atom. The van der Waals surface area contributed by atoms with Crippen molar-refractivity contribution in [2.24, 2.45) is 0 Å². The van der Waals surface area contributed by atoms with E-state index in [1.807, 2.05) is 0 Å². The number of nitrogens with one attached hydrogen (secondary N) is 3. The maximum Gasteiger partial charge on any atom is 0.246 e. The summed E-state index contributed by atoms with van der Waals surface area (Å²) in [7, 11) is 0. The van der Waals surface area contributed by atoms with Crippen molar-refractivity contribution in [3.8, 4) is 0 Å². The van der Waals surface area contributed by atoms with Gasteiger partial charge in [-0.25, -0.2) is 0 Å². The van der Waals surface area contributed by atoms with Gasteiger partial charge in [-0.3, -0.25) is 9.59 Å². The number of hydrogen-bond acceptors (Lipinski definition) is 4. The highest BCUT2D eigenvalue weighted by atomic mass is 16.5. The maximum absolute atomic E-state index is 11.7. The minimum absolute atomic E-state index is 0.0500. The first-order chi connectivity index (χ1) is 8.75. The highest BCUT2D eigenvalue weighted by Crippen LogP contribution is 2.07. The van der Waals surface area contributed by atoms with Gasteiger partial charge in [0.1, 0.15) is 12.6 Å². The van der Waals surface area contributed by atoms with Crippen LogP contribution in [-0.2, 0) is 14.3 Å². The van der Waals surface area contributed by atoms with Crippen LogP contribution >= 0.6 is 0 Å². The molecular formula is C12H21N3O3. The molecule has 2 fully saturated rings. The second-order valence-corrected chi connectivity index (χ2v) is 4.81. The van der Waals surface area contributed by atoms with E-state index in [0.29, 0.717) is 13.0 Å². The monoisotopic (exact) mass is 255 g/mol. The van der Waals surface area contributed by atoms with Gasteiger partial charge in [0.25, 0.3) is 0 Å². The molecule has 0 aliphatic carbocycles. The molecule has 102 valence electrons. The van der Waals surface area contributed by atoms with Gasteiger partial charge in [-0.05, 0) is 38.8 Å². The third kappa shape index (κ3) is 3.96. The fourth-order valence-corrected chi connectivity index (χ4v) is 2.30. The molecule has 0 spiro atoms. The van der Waals surface area contributed by atoms with Gasteiger partial charge in [0, 0.05) is 6.54 Å². The Morgan fingerprint density at radius 3 is 2.78 bits per heavy atom. The van der Waals surface area contributed by atoms with Crippen LogP contribution in [0.4, 0.5) is 0 Å². The molecule has 2 aliphatic rings. The molecule has 2 rings (SSSR count). The summed E-state index contributed by atoms with van der Waals surface area (Å²) in [5.41, 5.74) is 0. The number of hydrogen-bond donors (Lipinski definition) is 3. The second-order valence-electron chi connectivity index (χ2n) is 4.81. The molecule has 6 heteroatoms. The molecule has 0 saturated carbocycles. The Bertz CT molecular complexity index is 303. The number of carbonyl (C=O) groups is 2. The summed E-state index contributed by atoms with van der Waals surface area (Å²) < 4.78 is 5.54. The highest BCUT2D eigenvalue weighted by Gasteiger charge is 2.24. The first kappa shape index (κ1) is 13.3. The van der Waals surface area contributed by atoms with E-state index in [1.54, 1.807) is 0 Å². The largest absolute Gasteiger partial charge is 0.368 e. The Balaban J connectivity index is 1.66. The van der Waals surface area contributed by atoms with Crippen molar-refractivity contribution in [1.82, 2.24) is 16.0 Å². The molecule has 0 aromatic rings. The second kappa shape index (κ2) is 6.70. The number of carbonyl (C=O) groups excluding carboxylic acids is 2. The molecule has 2 saturated heterocycles. The molecule has 0 aromatic heterocycles. The van der Waals surface area contributed by atoms with E-state index < -0.39 is 0 Å². The summed E-state index contributed by atoms with van der Waals surface area (Å²) >= 11 is 0. The number of rotatable bonds is 4. The van der Waals surface area contributed by atoms with E-state index in [9.17, 15) is 9.59 Å². The van der Waals surface area contributed by atoms with Crippen LogP contribution in [0.5, 0.6) is 0 Å². The lowest BCUT2D eigenvalue weighted by atomic mass is 10.1. The summed E-state index contributed by atoms with van der Waals surface area (Å²) in [6.07, 6.45) is 3.67. The summed E-state index contributed by atoms with van der Waals surface area (Å²) in [4.78, 5) is 23.1. The average molecular weight is 255 g/mol. The predicted molar refractivity (Wildman–Crippen MR) is 66.0 cm³/mol. The quantitative estimate of drug-likeness (QED) is 0.611. The van der Waals surface area contributed by atoms with Gasteiger partial charge in [-0.2, -0.15) is 0 Å². The van der Waals surface area contributed by atoms with Gasteiger partial charge in [-0.1, -0.05) is 0 Å². The third-order valence-corrected chi connectivity index (χ3v) is 3.36. The molecule has 18 heavy (non-hydrogen) atoms. The zero-order valence-corrected chi connectivity index (χ0v) is 10.5. The Morgan fingerprint density at radius 1 is 1.28 bits per heavy atom. The van der Waals surface area contributed by atoms with Gasteiger partial charge < -0.3 is 20.7 Å². The van der Waals surface area contributed by atoms with E-state index in [-0.39, 0.29) is 30.6 Å². The summed E-state index contributed by atoms with van der Waals surface area (Å²) in [5.74, 6) is -0.285. The van der Waals surface area contributed by atoms with Crippen molar-refractivity contribution in [2.75, 3.05) is 26.2 Å². The fourth-order valence-electron chi connectivity index (χ4n) is 2.30. The molecule has 0 radical (unpaired) electrons. The zero-order valence-electron chi connectivity index (χ0n) is 10.5. The molecule has 2 aliphatic heterocycles. The highest BCUT2D eigenvalue weighted by molar-refractivity contribution is 5.88. The maximum atomic E-state index is 11.7. The van der Waals surface area contributed by atoms with Crippen LogP contribution in [0.2, 0.25) is 0 Å². The molecule has 3 N–H and O–H groups in total. The molecule has 1 atom stereocenters. The molecular weight excluding hydrogens is 234 g/mol. The van der Waals surface area contributed by atoms with Gasteiger partial charge in [0.05, 0.1) is 6.10 Å². The van der Waals surface area contributed by atoms with Crippen molar-refractivity contribution >= 4 is 11.8 Å². The van der Waals surface area contributed by atoms with Gasteiger partial charge in [0.2, 0.25) is 11.8 Å². The van der Waals surface area contributed by atoms with Crippen LogP contribution in [0.15, 0.2) is 0 Å². The topological polar surface area (TPSA) is 79.5 Å². The lowest BCUT2D eigenvalue weighted by molar-refractivity contribution is -0.134. The zero-order chi connectivity index (χ0) is 12.8. The van der Waals surface area contributed by atoms with Gasteiger partial charge >= 0.3 is 0 Å². The fraction of sp³-hybridized carbons (Fsp3) is 0.833. The predicted octanol–water partition coefficient (Wildman–Crippen LogP) is -0.850.